The number of nitrogens with zero attached hydrogens (tertiary/aromatic N) is 3. The molecule has 2 aromatic rings. The van der Waals surface area contributed by atoms with Gasteiger partial charge in [0.1, 0.15) is 11.4 Å². The Morgan fingerprint density at radius 2 is 1.95 bits per heavy atom. The molecule has 0 saturated heterocycles. The molecule has 1 heterocycles. The molecule has 0 fully saturated rings. The highest BCUT2D eigenvalue weighted by Crippen LogP contribution is 2.34. The lowest BCUT2D eigenvalue weighted by Crippen LogP contribution is -2.33. The maximum Gasteiger partial charge on any atom is 0.142 e. The summed E-state index contributed by atoms with van der Waals surface area (Å²) in [6, 6.07) is 7.83. The Labute approximate surface area is 126 Å². The summed E-state index contributed by atoms with van der Waals surface area (Å²) in [5.74, 6) is 0.907. The number of aromatic nitrogens is 2. The van der Waals surface area contributed by atoms with Crippen LogP contribution in [0.1, 0.15) is 52.4 Å². The SMILES string of the molecule is CCC(C)(OC)c1nc2cc(C#N)ccc2n1C(C)(C)C. The van der Waals surface area contributed by atoms with E-state index < -0.39 is 5.60 Å². The first-order valence-corrected chi connectivity index (χ1v) is 7.25. The molecule has 21 heavy (non-hydrogen) atoms. The van der Waals surface area contributed by atoms with Gasteiger partial charge in [-0.3, -0.25) is 0 Å². The first-order valence-electron chi connectivity index (χ1n) is 7.25. The second-order valence-electron chi connectivity index (χ2n) is 6.55. The van der Waals surface area contributed by atoms with Gasteiger partial charge in [0.05, 0.1) is 22.7 Å². The van der Waals surface area contributed by atoms with Gasteiger partial charge in [-0.05, 0) is 52.3 Å². The zero-order chi connectivity index (χ0) is 15.8. The highest BCUT2D eigenvalue weighted by molar-refractivity contribution is 5.78. The summed E-state index contributed by atoms with van der Waals surface area (Å²) in [5, 5.41) is 9.08. The monoisotopic (exact) mass is 285 g/mol. The van der Waals surface area contributed by atoms with Gasteiger partial charge in [0.15, 0.2) is 0 Å². The number of nitriles is 1. The van der Waals surface area contributed by atoms with Gasteiger partial charge in [-0.2, -0.15) is 5.26 Å². The molecule has 2 rings (SSSR count). The van der Waals surface area contributed by atoms with Crippen LogP contribution in [0.2, 0.25) is 0 Å². The lowest BCUT2D eigenvalue weighted by molar-refractivity contribution is -0.0139. The second-order valence-corrected chi connectivity index (χ2v) is 6.55. The molecular weight excluding hydrogens is 262 g/mol. The number of benzene rings is 1. The van der Waals surface area contributed by atoms with Gasteiger partial charge in [-0.15, -0.1) is 0 Å². The van der Waals surface area contributed by atoms with Gasteiger partial charge in [0.2, 0.25) is 0 Å². The lowest BCUT2D eigenvalue weighted by Gasteiger charge is -2.32. The average Bonchev–Trinajstić information content (AvgIpc) is 2.85. The molecule has 0 aliphatic carbocycles. The van der Waals surface area contributed by atoms with Crippen LogP contribution in [-0.2, 0) is 15.9 Å². The van der Waals surface area contributed by atoms with Crippen molar-refractivity contribution in [1.82, 2.24) is 9.55 Å². The number of hydrogen-bond donors (Lipinski definition) is 0. The maximum absolute atomic E-state index is 9.08. The predicted octanol–water partition coefficient (Wildman–Crippen LogP) is 3.93. The van der Waals surface area contributed by atoms with Crippen LogP contribution < -0.4 is 0 Å². The molecule has 0 saturated carbocycles. The molecule has 0 radical (unpaired) electrons. The third-order valence-corrected chi connectivity index (χ3v) is 4.05. The molecule has 0 aliphatic rings. The highest BCUT2D eigenvalue weighted by atomic mass is 16.5. The number of ether oxygens (including phenoxy) is 1. The van der Waals surface area contributed by atoms with Crippen LogP contribution in [0.15, 0.2) is 18.2 Å². The molecule has 1 aromatic carbocycles. The lowest BCUT2D eigenvalue weighted by atomic mass is 9.99. The zero-order valence-electron chi connectivity index (χ0n) is 13.7. The minimum Gasteiger partial charge on any atom is -0.371 e. The molecule has 0 N–H and O–H groups in total. The number of methoxy groups -OCH3 is 1. The Morgan fingerprint density at radius 3 is 2.43 bits per heavy atom. The Hall–Kier alpha value is -1.86. The van der Waals surface area contributed by atoms with Gasteiger partial charge < -0.3 is 9.30 Å². The summed E-state index contributed by atoms with van der Waals surface area (Å²) < 4.78 is 7.97. The second kappa shape index (κ2) is 5.16. The molecule has 0 bridgehead atoms. The fraction of sp³-hybridized carbons (Fsp3) is 0.529. The Kier molecular flexibility index (Phi) is 3.81. The van der Waals surface area contributed by atoms with E-state index in [4.69, 9.17) is 15.0 Å². The van der Waals surface area contributed by atoms with Gasteiger partial charge in [0.25, 0.3) is 0 Å². The van der Waals surface area contributed by atoms with Crippen LogP contribution in [0.4, 0.5) is 0 Å². The smallest absolute Gasteiger partial charge is 0.142 e. The van der Waals surface area contributed by atoms with E-state index in [0.717, 1.165) is 23.3 Å². The molecule has 0 spiro atoms. The predicted molar refractivity (Wildman–Crippen MR) is 84.1 cm³/mol. The summed E-state index contributed by atoms with van der Waals surface area (Å²) in [6.07, 6.45) is 0.827. The minimum atomic E-state index is -0.445. The normalized spacial score (nSPS) is 14.9. The van der Waals surface area contributed by atoms with Crippen LogP contribution >= 0.6 is 0 Å². The van der Waals surface area contributed by atoms with Crippen LogP contribution in [0, 0.1) is 11.3 Å². The van der Waals surface area contributed by atoms with Crippen molar-refractivity contribution in [3.8, 4) is 6.07 Å². The highest BCUT2D eigenvalue weighted by Gasteiger charge is 2.34. The van der Waals surface area contributed by atoms with Crippen molar-refractivity contribution in [1.29, 1.82) is 5.26 Å². The number of rotatable bonds is 3. The van der Waals surface area contributed by atoms with E-state index in [0.29, 0.717) is 5.56 Å². The molecular formula is C17H23N3O. The average molecular weight is 285 g/mol. The Morgan fingerprint density at radius 1 is 1.29 bits per heavy atom. The van der Waals surface area contributed by atoms with E-state index in [1.54, 1.807) is 7.11 Å². The van der Waals surface area contributed by atoms with E-state index in [9.17, 15) is 0 Å². The molecule has 1 unspecified atom stereocenters. The third kappa shape index (κ3) is 2.54. The van der Waals surface area contributed by atoms with E-state index in [2.05, 4.69) is 45.3 Å². The minimum absolute atomic E-state index is 0.118. The van der Waals surface area contributed by atoms with Crippen LogP contribution in [0.3, 0.4) is 0 Å². The third-order valence-electron chi connectivity index (χ3n) is 4.05. The zero-order valence-corrected chi connectivity index (χ0v) is 13.7. The van der Waals surface area contributed by atoms with Crippen molar-refractivity contribution < 1.29 is 4.74 Å². The molecule has 0 aliphatic heterocycles. The van der Waals surface area contributed by atoms with E-state index in [-0.39, 0.29) is 5.54 Å². The summed E-state index contributed by atoms with van der Waals surface area (Å²) in [6.45, 7) is 10.6. The molecule has 112 valence electrons. The molecule has 4 heteroatoms. The van der Waals surface area contributed by atoms with E-state index in [1.165, 1.54) is 0 Å². The summed E-state index contributed by atoms with van der Waals surface area (Å²) in [7, 11) is 1.72. The summed E-state index contributed by atoms with van der Waals surface area (Å²) >= 11 is 0. The van der Waals surface area contributed by atoms with Gasteiger partial charge in [0, 0.05) is 12.6 Å². The molecule has 4 nitrogen and oxygen atoms in total. The topological polar surface area (TPSA) is 50.8 Å². The van der Waals surface area contributed by atoms with Crippen LogP contribution in [-0.4, -0.2) is 16.7 Å². The molecule has 1 aromatic heterocycles. The summed E-state index contributed by atoms with van der Waals surface area (Å²) in [4.78, 5) is 4.79. The van der Waals surface area contributed by atoms with E-state index >= 15 is 0 Å². The van der Waals surface area contributed by atoms with Crippen molar-refractivity contribution in [2.24, 2.45) is 0 Å². The van der Waals surface area contributed by atoms with Gasteiger partial charge in [-0.25, -0.2) is 4.98 Å². The van der Waals surface area contributed by atoms with Crippen molar-refractivity contribution >= 4 is 11.0 Å². The van der Waals surface area contributed by atoms with E-state index in [1.807, 2.05) is 18.2 Å². The number of imidazole rings is 1. The van der Waals surface area contributed by atoms with Crippen molar-refractivity contribution in [2.45, 2.75) is 52.2 Å². The fourth-order valence-corrected chi connectivity index (χ4v) is 2.58. The van der Waals surface area contributed by atoms with Crippen molar-refractivity contribution in [3.05, 3.63) is 29.6 Å². The Bertz CT molecular complexity index is 697. The van der Waals surface area contributed by atoms with Crippen LogP contribution in [0.25, 0.3) is 11.0 Å². The van der Waals surface area contributed by atoms with Crippen LogP contribution in [0.5, 0.6) is 0 Å². The maximum atomic E-state index is 9.08. The largest absolute Gasteiger partial charge is 0.371 e. The Balaban J connectivity index is 2.84. The first kappa shape index (κ1) is 15.5. The first-order chi connectivity index (χ1) is 9.76. The van der Waals surface area contributed by atoms with Crippen molar-refractivity contribution in [3.63, 3.8) is 0 Å². The molecule has 1 atom stereocenters. The quantitative estimate of drug-likeness (QED) is 0.858. The standard InChI is InChI=1S/C17H23N3O/c1-7-17(5,21-6)15-19-13-10-12(11-18)8-9-14(13)20(15)16(2,3)4/h8-10H,7H2,1-6H3. The fourth-order valence-electron chi connectivity index (χ4n) is 2.58. The van der Waals surface area contributed by atoms with Gasteiger partial charge >= 0.3 is 0 Å². The van der Waals surface area contributed by atoms with Gasteiger partial charge in [-0.1, -0.05) is 6.92 Å². The number of fused-ring (bicyclic) bond motifs is 1. The molecule has 0 amide bonds. The number of hydrogen-bond acceptors (Lipinski definition) is 3. The summed E-state index contributed by atoms with van der Waals surface area (Å²) in [5.41, 5.74) is 1.94. The van der Waals surface area contributed by atoms with Crippen molar-refractivity contribution in [2.75, 3.05) is 7.11 Å².